The van der Waals surface area contributed by atoms with Crippen LogP contribution >= 0.6 is 0 Å². The third-order valence-corrected chi connectivity index (χ3v) is 7.34. The number of nitrogens with one attached hydrogen (secondary N) is 3. The van der Waals surface area contributed by atoms with E-state index in [0.717, 1.165) is 63.2 Å². The van der Waals surface area contributed by atoms with Crippen LogP contribution in [0.25, 0.3) is 11.0 Å². The highest BCUT2D eigenvalue weighted by Gasteiger charge is 2.23. The fraction of sp³-hybridized carbons (Fsp3) is 0.345. The summed E-state index contributed by atoms with van der Waals surface area (Å²) in [6.45, 7) is 6.74. The molecule has 0 saturated carbocycles. The molecule has 0 spiro atoms. The number of rotatable bonds is 7. The van der Waals surface area contributed by atoms with Gasteiger partial charge in [0.1, 0.15) is 22.6 Å². The van der Waals surface area contributed by atoms with Gasteiger partial charge in [-0.15, -0.1) is 0 Å². The van der Waals surface area contributed by atoms with Crippen LogP contribution in [0.5, 0.6) is 11.6 Å². The molecule has 10 nitrogen and oxygen atoms in total. The molecule has 3 N–H and O–H groups in total. The van der Waals surface area contributed by atoms with Crippen molar-refractivity contribution in [3.63, 3.8) is 0 Å². The van der Waals surface area contributed by atoms with E-state index in [0.29, 0.717) is 34.3 Å². The number of ether oxygens (including phenoxy) is 1. The van der Waals surface area contributed by atoms with Crippen molar-refractivity contribution >= 4 is 45.6 Å². The van der Waals surface area contributed by atoms with Crippen LogP contribution < -0.4 is 25.2 Å². The van der Waals surface area contributed by atoms with Crippen molar-refractivity contribution in [1.82, 2.24) is 19.9 Å². The SMILES string of the molecule is CC(=O)Nc1cccc(Oc2nc(Nc3ccc(N4CCN(C)CC4)c(F)c3)nc3[nH]cc(N4CCCC4)c23)c1. The van der Waals surface area contributed by atoms with Crippen LogP contribution in [0.15, 0.2) is 48.7 Å². The monoisotopic (exact) mass is 544 g/mol. The number of carbonyl (C=O) groups is 1. The Morgan fingerprint density at radius 2 is 1.73 bits per heavy atom. The van der Waals surface area contributed by atoms with E-state index in [1.807, 2.05) is 12.3 Å². The summed E-state index contributed by atoms with van der Waals surface area (Å²) in [5.74, 6) is 0.708. The normalized spacial score (nSPS) is 16.0. The molecule has 0 atom stereocenters. The maximum absolute atomic E-state index is 15.2. The minimum atomic E-state index is -0.293. The molecule has 4 heterocycles. The summed E-state index contributed by atoms with van der Waals surface area (Å²) in [6.07, 6.45) is 4.18. The number of aromatic amines is 1. The average molecular weight is 545 g/mol. The Bertz CT molecular complexity index is 1530. The fourth-order valence-electron chi connectivity index (χ4n) is 5.29. The summed E-state index contributed by atoms with van der Waals surface area (Å²) in [5.41, 5.74) is 3.35. The Morgan fingerprint density at radius 3 is 2.48 bits per heavy atom. The molecule has 2 aliphatic heterocycles. The molecular formula is C29H33FN8O2. The lowest BCUT2D eigenvalue weighted by Crippen LogP contribution is -2.44. The minimum absolute atomic E-state index is 0.166. The van der Waals surface area contributed by atoms with E-state index >= 15 is 4.39 Å². The summed E-state index contributed by atoms with van der Waals surface area (Å²) in [5, 5.41) is 6.71. The summed E-state index contributed by atoms with van der Waals surface area (Å²) in [6, 6.07) is 12.3. The molecule has 2 saturated heterocycles. The summed E-state index contributed by atoms with van der Waals surface area (Å²) >= 11 is 0. The first-order valence-corrected chi connectivity index (χ1v) is 13.6. The summed E-state index contributed by atoms with van der Waals surface area (Å²) in [7, 11) is 2.08. The number of fused-ring (bicyclic) bond motifs is 1. The molecule has 0 bridgehead atoms. The molecule has 208 valence electrons. The quantitative estimate of drug-likeness (QED) is 0.301. The molecule has 2 aromatic carbocycles. The van der Waals surface area contributed by atoms with E-state index in [1.165, 1.54) is 13.0 Å². The first-order valence-electron chi connectivity index (χ1n) is 13.6. The predicted molar refractivity (Wildman–Crippen MR) is 156 cm³/mol. The van der Waals surface area contributed by atoms with Crippen LogP contribution in [0, 0.1) is 5.82 Å². The summed E-state index contributed by atoms with van der Waals surface area (Å²) < 4.78 is 21.5. The third kappa shape index (κ3) is 5.50. The van der Waals surface area contributed by atoms with E-state index in [9.17, 15) is 4.79 Å². The van der Waals surface area contributed by atoms with Crippen molar-refractivity contribution in [2.45, 2.75) is 19.8 Å². The van der Waals surface area contributed by atoms with Gasteiger partial charge in [-0.25, -0.2) is 4.39 Å². The molecule has 0 aliphatic carbocycles. The van der Waals surface area contributed by atoms with Crippen LogP contribution in [-0.4, -0.2) is 72.1 Å². The van der Waals surface area contributed by atoms with Crippen LogP contribution in [0.1, 0.15) is 19.8 Å². The molecule has 2 fully saturated rings. The molecule has 2 aromatic heterocycles. The minimum Gasteiger partial charge on any atom is -0.438 e. The Hall–Kier alpha value is -4.38. The third-order valence-electron chi connectivity index (χ3n) is 7.34. The Balaban J connectivity index is 1.32. The number of nitrogens with zero attached hydrogens (tertiary/aromatic N) is 5. The smallest absolute Gasteiger partial charge is 0.235 e. The van der Waals surface area contributed by atoms with Crippen molar-refractivity contribution in [2.75, 3.05) is 66.7 Å². The van der Waals surface area contributed by atoms with E-state index in [2.05, 4.69) is 37.4 Å². The Morgan fingerprint density at radius 1 is 0.950 bits per heavy atom. The van der Waals surface area contributed by atoms with E-state index in [4.69, 9.17) is 14.7 Å². The second-order valence-electron chi connectivity index (χ2n) is 10.3. The Kier molecular flexibility index (Phi) is 7.12. The van der Waals surface area contributed by atoms with Crippen molar-refractivity contribution in [3.8, 4) is 11.6 Å². The van der Waals surface area contributed by atoms with Gasteiger partial charge in [0.25, 0.3) is 0 Å². The largest absolute Gasteiger partial charge is 0.438 e. The number of likely N-dealkylation sites (N-methyl/N-ethyl adjacent to an activating group) is 1. The first-order chi connectivity index (χ1) is 19.4. The van der Waals surface area contributed by atoms with Crippen molar-refractivity contribution in [3.05, 3.63) is 54.5 Å². The van der Waals surface area contributed by atoms with Gasteiger partial charge in [-0.2, -0.15) is 9.97 Å². The number of carbonyl (C=O) groups excluding carboxylic acids is 1. The van der Waals surface area contributed by atoms with Gasteiger partial charge in [0.15, 0.2) is 0 Å². The van der Waals surface area contributed by atoms with E-state index in [-0.39, 0.29) is 17.7 Å². The zero-order chi connectivity index (χ0) is 27.6. The highest BCUT2D eigenvalue weighted by Crippen LogP contribution is 2.38. The van der Waals surface area contributed by atoms with Gasteiger partial charge >= 0.3 is 0 Å². The highest BCUT2D eigenvalue weighted by molar-refractivity contribution is 5.96. The maximum atomic E-state index is 15.2. The van der Waals surface area contributed by atoms with E-state index in [1.54, 1.807) is 30.3 Å². The van der Waals surface area contributed by atoms with Gasteiger partial charge in [0.05, 0.1) is 11.4 Å². The van der Waals surface area contributed by atoms with Crippen molar-refractivity contribution in [1.29, 1.82) is 0 Å². The number of H-pyrrole nitrogens is 1. The molecule has 6 rings (SSSR count). The zero-order valence-corrected chi connectivity index (χ0v) is 22.7. The molecular weight excluding hydrogens is 511 g/mol. The number of piperazine rings is 1. The molecule has 4 aromatic rings. The van der Waals surface area contributed by atoms with Crippen molar-refractivity contribution < 1.29 is 13.9 Å². The zero-order valence-electron chi connectivity index (χ0n) is 22.7. The van der Waals surface area contributed by atoms with Gasteiger partial charge in [-0.05, 0) is 50.2 Å². The average Bonchev–Trinajstić information content (AvgIpc) is 3.60. The number of hydrogen-bond acceptors (Lipinski definition) is 8. The highest BCUT2D eigenvalue weighted by atomic mass is 19.1. The lowest BCUT2D eigenvalue weighted by atomic mass is 10.2. The molecule has 11 heteroatoms. The molecule has 0 unspecified atom stereocenters. The van der Waals surface area contributed by atoms with Gasteiger partial charge in [0.2, 0.25) is 17.7 Å². The number of aromatic nitrogens is 3. The molecule has 0 radical (unpaired) electrons. The number of benzene rings is 2. The molecule has 2 aliphatic rings. The number of halogens is 1. The number of anilines is 5. The fourth-order valence-corrected chi connectivity index (χ4v) is 5.29. The van der Waals surface area contributed by atoms with Crippen molar-refractivity contribution in [2.24, 2.45) is 0 Å². The molecule has 1 amide bonds. The van der Waals surface area contributed by atoms with E-state index < -0.39 is 0 Å². The summed E-state index contributed by atoms with van der Waals surface area (Å²) in [4.78, 5) is 30.8. The second-order valence-corrected chi connectivity index (χ2v) is 10.3. The van der Waals surface area contributed by atoms with Gasteiger partial charge < -0.3 is 35.1 Å². The van der Waals surface area contributed by atoms with Crippen LogP contribution in [0.3, 0.4) is 0 Å². The maximum Gasteiger partial charge on any atom is 0.235 e. The topological polar surface area (TPSA) is 102 Å². The standard InChI is InChI=1S/C29H33FN8O2/c1-19(39)32-20-6-5-7-22(16-20)40-28-26-25(37-10-3-4-11-37)18-31-27(26)34-29(35-28)33-21-8-9-24(23(30)17-21)38-14-12-36(2)13-15-38/h5-9,16-18H,3-4,10-15H2,1-2H3,(H,32,39)(H2,31,33,34,35). The van der Waals surface area contributed by atoms with Crippen LogP contribution in [0.4, 0.5) is 33.1 Å². The van der Waals surface area contributed by atoms with Gasteiger partial charge in [-0.3, -0.25) is 4.79 Å². The van der Waals surface area contributed by atoms with Gasteiger partial charge in [-0.1, -0.05) is 6.07 Å². The second kappa shape index (κ2) is 11.0. The van der Waals surface area contributed by atoms with Crippen LogP contribution in [0.2, 0.25) is 0 Å². The van der Waals surface area contributed by atoms with Crippen LogP contribution in [-0.2, 0) is 4.79 Å². The first kappa shape index (κ1) is 25.9. The predicted octanol–water partition coefficient (Wildman–Crippen LogP) is 4.94. The molecule has 40 heavy (non-hydrogen) atoms. The lowest BCUT2D eigenvalue weighted by Gasteiger charge is -2.34. The lowest BCUT2D eigenvalue weighted by molar-refractivity contribution is -0.114. The Labute approximate surface area is 232 Å². The van der Waals surface area contributed by atoms with Gasteiger partial charge in [0, 0.05) is 69.8 Å². The number of amides is 1. The number of hydrogen-bond donors (Lipinski definition) is 3.